The van der Waals surface area contributed by atoms with Crippen molar-refractivity contribution in [2.75, 3.05) is 11.5 Å². The van der Waals surface area contributed by atoms with Gasteiger partial charge in [-0.15, -0.1) is 0 Å². The average molecular weight is 229 g/mol. The predicted molar refractivity (Wildman–Crippen MR) is 67.2 cm³/mol. The smallest absolute Gasteiger partial charge is 0.225 e. The van der Waals surface area contributed by atoms with Gasteiger partial charge in [0.2, 0.25) is 11.9 Å². The largest absolute Gasteiger partial charge is 0.368 e. The molecule has 0 aliphatic rings. The second kappa shape index (κ2) is 4.78. The zero-order valence-corrected chi connectivity index (χ0v) is 9.67. The summed E-state index contributed by atoms with van der Waals surface area (Å²) >= 11 is 0. The summed E-state index contributed by atoms with van der Waals surface area (Å²) in [7, 11) is 0. The third-order valence-electron chi connectivity index (χ3n) is 2.61. The van der Waals surface area contributed by atoms with E-state index in [1.54, 1.807) is 0 Å². The molecule has 0 radical (unpaired) electrons. The van der Waals surface area contributed by atoms with E-state index in [0.717, 1.165) is 12.0 Å². The van der Waals surface area contributed by atoms with Gasteiger partial charge in [0, 0.05) is 5.92 Å². The van der Waals surface area contributed by atoms with Gasteiger partial charge in [0.15, 0.2) is 0 Å². The maximum absolute atomic E-state index is 5.59. The lowest BCUT2D eigenvalue weighted by molar-refractivity contribution is 0.713. The maximum atomic E-state index is 5.59. The van der Waals surface area contributed by atoms with Crippen LogP contribution in [0.5, 0.6) is 0 Å². The van der Waals surface area contributed by atoms with E-state index in [4.69, 9.17) is 11.5 Å². The summed E-state index contributed by atoms with van der Waals surface area (Å²) in [6.07, 6.45) is 0.882. The molecule has 0 saturated heterocycles. The summed E-state index contributed by atoms with van der Waals surface area (Å²) in [6, 6.07) is 10.1. The van der Waals surface area contributed by atoms with Crippen LogP contribution in [0, 0.1) is 0 Å². The van der Waals surface area contributed by atoms with Crippen LogP contribution in [0.25, 0.3) is 0 Å². The molecule has 0 aliphatic heterocycles. The Balaban J connectivity index is 2.42. The lowest BCUT2D eigenvalue weighted by atomic mass is 9.96. The van der Waals surface area contributed by atoms with Crippen LogP contribution < -0.4 is 11.5 Å². The molecule has 5 heteroatoms. The van der Waals surface area contributed by atoms with E-state index in [9.17, 15) is 0 Å². The molecule has 2 rings (SSSR count). The van der Waals surface area contributed by atoms with Crippen LogP contribution in [-0.2, 0) is 0 Å². The highest BCUT2D eigenvalue weighted by atomic mass is 15.1. The molecule has 5 nitrogen and oxygen atoms in total. The number of nitrogen functional groups attached to an aromatic ring is 2. The highest BCUT2D eigenvalue weighted by Crippen LogP contribution is 2.25. The number of aromatic nitrogens is 3. The molecule has 0 bridgehead atoms. The zero-order valence-electron chi connectivity index (χ0n) is 9.67. The van der Waals surface area contributed by atoms with Crippen molar-refractivity contribution in [2.45, 2.75) is 19.3 Å². The van der Waals surface area contributed by atoms with E-state index in [0.29, 0.717) is 5.82 Å². The highest BCUT2D eigenvalue weighted by Gasteiger charge is 2.16. The molecule has 1 aromatic heterocycles. The first-order valence-corrected chi connectivity index (χ1v) is 5.52. The molecule has 4 N–H and O–H groups in total. The quantitative estimate of drug-likeness (QED) is 0.833. The molecular weight excluding hydrogens is 214 g/mol. The van der Waals surface area contributed by atoms with Crippen molar-refractivity contribution >= 4 is 11.9 Å². The molecule has 0 saturated carbocycles. The van der Waals surface area contributed by atoms with Crippen molar-refractivity contribution in [3.8, 4) is 0 Å². The summed E-state index contributed by atoms with van der Waals surface area (Å²) in [5, 5.41) is 0. The minimum atomic E-state index is 0.101. The van der Waals surface area contributed by atoms with Gasteiger partial charge in [0.05, 0.1) is 0 Å². The molecule has 0 amide bonds. The van der Waals surface area contributed by atoms with Gasteiger partial charge in [-0.2, -0.15) is 15.0 Å². The standard InChI is InChI=1S/C12H15N5/c1-2-9(8-6-4-3-5-7-8)10-15-11(13)17-12(14)16-10/h3-7,9H,2H2,1H3,(H4,13,14,15,16,17). The minimum absolute atomic E-state index is 0.101. The fourth-order valence-corrected chi connectivity index (χ4v) is 1.84. The zero-order chi connectivity index (χ0) is 12.3. The lowest BCUT2D eigenvalue weighted by Gasteiger charge is -2.14. The third kappa shape index (κ3) is 2.50. The first-order valence-electron chi connectivity index (χ1n) is 5.52. The molecule has 2 aromatic rings. The first kappa shape index (κ1) is 11.3. The third-order valence-corrected chi connectivity index (χ3v) is 2.61. The fourth-order valence-electron chi connectivity index (χ4n) is 1.84. The van der Waals surface area contributed by atoms with Crippen LogP contribution in [0.3, 0.4) is 0 Å². The van der Waals surface area contributed by atoms with E-state index in [1.165, 1.54) is 0 Å². The minimum Gasteiger partial charge on any atom is -0.368 e. The molecule has 88 valence electrons. The molecular formula is C12H15N5. The van der Waals surface area contributed by atoms with Gasteiger partial charge >= 0.3 is 0 Å². The number of hydrogen-bond donors (Lipinski definition) is 2. The van der Waals surface area contributed by atoms with Gasteiger partial charge < -0.3 is 11.5 Å². The fraction of sp³-hybridized carbons (Fsp3) is 0.250. The normalized spacial score (nSPS) is 12.3. The van der Waals surface area contributed by atoms with Crippen LogP contribution in [0.15, 0.2) is 30.3 Å². The van der Waals surface area contributed by atoms with E-state index < -0.39 is 0 Å². The van der Waals surface area contributed by atoms with Crippen LogP contribution in [0.2, 0.25) is 0 Å². The van der Waals surface area contributed by atoms with Crippen molar-refractivity contribution in [3.05, 3.63) is 41.7 Å². The number of rotatable bonds is 3. The SMILES string of the molecule is CCC(c1ccccc1)c1nc(N)nc(N)n1. The van der Waals surface area contributed by atoms with Crippen LogP contribution >= 0.6 is 0 Å². The maximum Gasteiger partial charge on any atom is 0.225 e. The van der Waals surface area contributed by atoms with Crippen molar-refractivity contribution < 1.29 is 0 Å². The topological polar surface area (TPSA) is 90.7 Å². The average Bonchev–Trinajstić information content (AvgIpc) is 2.30. The van der Waals surface area contributed by atoms with Crippen molar-refractivity contribution in [1.29, 1.82) is 0 Å². The Labute approximate surface area is 99.9 Å². The Hall–Kier alpha value is -2.17. The highest BCUT2D eigenvalue weighted by molar-refractivity contribution is 5.31. The van der Waals surface area contributed by atoms with Crippen LogP contribution in [-0.4, -0.2) is 15.0 Å². The molecule has 1 unspecified atom stereocenters. The van der Waals surface area contributed by atoms with E-state index in [-0.39, 0.29) is 17.8 Å². The summed E-state index contributed by atoms with van der Waals surface area (Å²) < 4.78 is 0. The molecule has 1 heterocycles. The molecule has 0 aliphatic carbocycles. The van der Waals surface area contributed by atoms with Crippen molar-refractivity contribution in [1.82, 2.24) is 15.0 Å². The Kier molecular flexibility index (Phi) is 3.18. The van der Waals surface area contributed by atoms with Crippen LogP contribution in [0.4, 0.5) is 11.9 Å². The second-order valence-electron chi connectivity index (χ2n) is 3.78. The van der Waals surface area contributed by atoms with Crippen LogP contribution in [0.1, 0.15) is 30.7 Å². The molecule has 0 spiro atoms. The molecule has 17 heavy (non-hydrogen) atoms. The number of nitrogens with two attached hydrogens (primary N) is 2. The second-order valence-corrected chi connectivity index (χ2v) is 3.78. The summed E-state index contributed by atoms with van der Waals surface area (Å²) in [6.45, 7) is 2.08. The summed E-state index contributed by atoms with van der Waals surface area (Å²) in [5.41, 5.74) is 12.3. The van der Waals surface area contributed by atoms with Gasteiger partial charge in [-0.05, 0) is 12.0 Å². The van der Waals surface area contributed by atoms with Gasteiger partial charge in [-0.25, -0.2) is 0 Å². The Morgan fingerprint density at radius 3 is 2.12 bits per heavy atom. The lowest BCUT2D eigenvalue weighted by Crippen LogP contribution is -2.11. The van der Waals surface area contributed by atoms with Gasteiger partial charge in [0.1, 0.15) is 5.82 Å². The predicted octanol–water partition coefficient (Wildman–Crippen LogP) is 1.58. The number of benzene rings is 1. The Morgan fingerprint density at radius 2 is 1.59 bits per heavy atom. The van der Waals surface area contributed by atoms with Gasteiger partial charge in [0.25, 0.3) is 0 Å². The Bertz CT molecular complexity index is 477. The summed E-state index contributed by atoms with van der Waals surface area (Å²) in [5.74, 6) is 1.07. The molecule has 0 fully saturated rings. The van der Waals surface area contributed by atoms with E-state index in [1.807, 2.05) is 30.3 Å². The van der Waals surface area contributed by atoms with Crippen molar-refractivity contribution in [3.63, 3.8) is 0 Å². The number of nitrogens with zero attached hydrogens (tertiary/aromatic N) is 3. The number of anilines is 2. The Morgan fingerprint density at radius 1 is 1.00 bits per heavy atom. The number of hydrogen-bond acceptors (Lipinski definition) is 5. The van der Waals surface area contributed by atoms with Gasteiger partial charge in [-0.1, -0.05) is 37.3 Å². The summed E-state index contributed by atoms with van der Waals surface area (Å²) in [4.78, 5) is 12.1. The van der Waals surface area contributed by atoms with E-state index in [2.05, 4.69) is 21.9 Å². The molecule has 1 atom stereocenters. The van der Waals surface area contributed by atoms with Crippen molar-refractivity contribution in [2.24, 2.45) is 0 Å². The first-order chi connectivity index (χ1) is 8.20. The van der Waals surface area contributed by atoms with Gasteiger partial charge in [-0.3, -0.25) is 0 Å². The monoisotopic (exact) mass is 229 g/mol. The van der Waals surface area contributed by atoms with E-state index >= 15 is 0 Å². The molecule has 1 aromatic carbocycles.